The van der Waals surface area contributed by atoms with Crippen molar-refractivity contribution >= 4 is 0 Å². The normalized spacial score (nSPS) is 25.8. The Labute approximate surface area is 166 Å². The third-order valence-electron chi connectivity index (χ3n) is 5.67. The summed E-state index contributed by atoms with van der Waals surface area (Å²) in [4.78, 5) is 6.23. The summed E-state index contributed by atoms with van der Waals surface area (Å²) < 4.78 is 50.2. The van der Waals surface area contributed by atoms with E-state index in [1.807, 2.05) is 4.90 Å². The highest BCUT2D eigenvalue weighted by Gasteiger charge is 2.47. The van der Waals surface area contributed by atoms with E-state index in [4.69, 9.17) is 9.26 Å². The van der Waals surface area contributed by atoms with Gasteiger partial charge in [-0.25, -0.2) is 0 Å². The first-order chi connectivity index (χ1) is 13.9. The van der Waals surface area contributed by atoms with E-state index >= 15 is 0 Å². The van der Waals surface area contributed by atoms with E-state index in [2.05, 4.69) is 16.2 Å². The zero-order valence-corrected chi connectivity index (χ0v) is 15.8. The molecule has 0 amide bonds. The summed E-state index contributed by atoms with van der Waals surface area (Å²) in [5.74, 6) is 0.366. The number of piperidine rings is 1. The van der Waals surface area contributed by atoms with E-state index in [0.29, 0.717) is 13.2 Å². The molecular formula is C20H21F3N4O2. The number of aromatic nitrogens is 2. The summed E-state index contributed by atoms with van der Waals surface area (Å²) >= 11 is 0. The Balaban J connectivity index is 1.52. The van der Waals surface area contributed by atoms with Crippen LogP contribution in [0.2, 0.25) is 0 Å². The molecule has 1 spiro atoms. The summed E-state index contributed by atoms with van der Waals surface area (Å²) in [5, 5.41) is 13.6. The minimum absolute atomic E-state index is 0.0975. The monoisotopic (exact) mass is 406 g/mol. The Hall–Kier alpha value is -2.44. The maximum atomic E-state index is 12.9. The van der Waals surface area contributed by atoms with E-state index in [1.54, 1.807) is 0 Å². The van der Waals surface area contributed by atoms with Crippen molar-refractivity contribution in [2.24, 2.45) is 0 Å². The van der Waals surface area contributed by atoms with Crippen molar-refractivity contribution in [2.75, 3.05) is 13.2 Å². The number of alkyl halides is 3. The molecule has 9 heteroatoms. The van der Waals surface area contributed by atoms with Crippen LogP contribution in [0.5, 0.6) is 0 Å². The van der Waals surface area contributed by atoms with Crippen molar-refractivity contribution in [1.82, 2.24) is 15.0 Å². The van der Waals surface area contributed by atoms with Gasteiger partial charge in [0.05, 0.1) is 23.8 Å². The van der Waals surface area contributed by atoms with Gasteiger partial charge in [0.2, 0.25) is 11.7 Å². The summed E-state index contributed by atoms with van der Waals surface area (Å²) in [6.45, 7) is 1.62. The second kappa shape index (κ2) is 7.76. The molecule has 0 N–H and O–H groups in total. The molecule has 3 heterocycles. The quantitative estimate of drug-likeness (QED) is 0.761. The molecule has 2 saturated heterocycles. The molecule has 2 atom stereocenters. The van der Waals surface area contributed by atoms with Crippen LogP contribution >= 0.6 is 0 Å². The predicted molar refractivity (Wildman–Crippen MR) is 96.3 cm³/mol. The third-order valence-corrected chi connectivity index (χ3v) is 5.67. The van der Waals surface area contributed by atoms with Gasteiger partial charge in [0.15, 0.2) is 0 Å². The van der Waals surface area contributed by atoms with Crippen LogP contribution in [0.1, 0.15) is 43.6 Å². The van der Waals surface area contributed by atoms with Crippen LogP contribution in [0.3, 0.4) is 0 Å². The minimum atomic E-state index is -4.44. The summed E-state index contributed by atoms with van der Waals surface area (Å²) in [6.07, 6.45) is 0.190. The van der Waals surface area contributed by atoms with Gasteiger partial charge in [-0.15, -0.1) is 0 Å². The number of likely N-dealkylation sites (tertiary alicyclic amines) is 1. The number of benzene rings is 1. The van der Waals surface area contributed by atoms with E-state index in [-0.39, 0.29) is 23.8 Å². The van der Waals surface area contributed by atoms with Crippen molar-refractivity contribution < 1.29 is 22.4 Å². The molecule has 1 aromatic carbocycles. The van der Waals surface area contributed by atoms with Gasteiger partial charge in [-0.1, -0.05) is 17.3 Å². The molecule has 0 aliphatic carbocycles. The largest absolute Gasteiger partial charge is 0.416 e. The van der Waals surface area contributed by atoms with Crippen molar-refractivity contribution in [2.45, 2.75) is 56.5 Å². The zero-order valence-electron chi connectivity index (χ0n) is 15.8. The van der Waals surface area contributed by atoms with Gasteiger partial charge >= 0.3 is 6.18 Å². The van der Waals surface area contributed by atoms with Crippen LogP contribution in [-0.4, -0.2) is 39.8 Å². The van der Waals surface area contributed by atoms with Gasteiger partial charge < -0.3 is 9.26 Å². The number of ether oxygens (including phenoxy) is 1. The van der Waals surface area contributed by atoms with Crippen molar-refractivity contribution in [3.8, 4) is 17.5 Å². The van der Waals surface area contributed by atoms with Gasteiger partial charge in [-0.2, -0.15) is 23.4 Å². The molecule has 1 aromatic heterocycles. The van der Waals surface area contributed by atoms with E-state index in [0.717, 1.165) is 44.2 Å². The lowest BCUT2D eigenvalue weighted by Crippen LogP contribution is -2.58. The lowest BCUT2D eigenvalue weighted by atomic mass is 9.79. The zero-order chi connectivity index (χ0) is 20.5. The van der Waals surface area contributed by atoms with E-state index in [9.17, 15) is 18.4 Å². The number of halogens is 3. The van der Waals surface area contributed by atoms with Crippen LogP contribution in [0.15, 0.2) is 28.8 Å². The highest BCUT2D eigenvalue weighted by atomic mass is 19.4. The lowest BCUT2D eigenvalue weighted by Gasteiger charge is -2.48. The summed E-state index contributed by atoms with van der Waals surface area (Å²) in [5.41, 5.74) is -0.995. The summed E-state index contributed by atoms with van der Waals surface area (Å²) in [6, 6.07) is 6.79. The fourth-order valence-electron chi connectivity index (χ4n) is 4.28. The molecule has 0 saturated carbocycles. The number of nitrogens with zero attached hydrogens (tertiary/aromatic N) is 4. The van der Waals surface area contributed by atoms with Crippen LogP contribution in [0.25, 0.3) is 11.4 Å². The Kier molecular flexibility index (Phi) is 5.32. The molecule has 2 aromatic rings. The Morgan fingerprint density at radius 1 is 1.24 bits per heavy atom. The molecule has 0 unspecified atom stereocenters. The molecule has 6 nitrogen and oxygen atoms in total. The molecule has 2 aliphatic heterocycles. The molecule has 29 heavy (non-hydrogen) atoms. The van der Waals surface area contributed by atoms with Gasteiger partial charge in [0, 0.05) is 18.7 Å². The van der Waals surface area contributed by atoms with Gasteiger partial charge in [-0.3, -0.25) is 4.90 Å². The first kappa shape index (κ1) is 19.9. The Bertz CT molecular complexity index is 894. The lowest BCUT2D eigenvalue weighted by molar-refractivity contribution is -0.139. The maximum absolute atomic E-state index is 12.9. The molecule has 2 fully saturated rings. The molecular weight excluding hydrogens is 385 g/mol. The number of rotatable bonds is 3. The molecule has 154 valence electrons. The van der Waals surface area contributed by atoms with Crippen molar-refractivity contribution in [3.63, 3.8) is 0 Å². The maximum Gasteiger partial charge on any atom is 0.416 e. The molecule has 2 aliphatic rings. The van der Waals surface area contributed by atoms with Crippen molar-refractivity contribution in [1.29, 1.82) is 5.26 Å². The molecule has 0 radical (unpaired) electrons. The first-order valence-corrected chi connectivity index (χ1v) is 9.69. The highest BCUT2D eigenvalue weighted by molar-refractivity contribution is 5.55. The summed E-state index contributed by atoms with van der Waals surface area (Å²) in [7, 11) is 0. The van der Waals surface area contributed by atoms with Gasteiger partial charge in [0.25, 0.3) is 0 Å². The minimum Gasteiger partial charge on any atom is -0.372 e. The molecule has 4 rings (SSSR count). The predicted octanol–water partition coefficient (Wildman–Crippen LogP) is 4.18. The van der Waals surface area contributed by atoms with Gasteiger partial charge in [-0.05, 0) is 44.2 Å². The fourth-order valence-corrected chi connectivity index (χ4v) is 4.28. The Morgan fingerprint density at radius 3 is 2.79 bits per heavy atom. The fraction of sp³-hybridized carbons (Fsp3) is 0.550. The highest BCUT2D eigenvalue weighted by Crippen LogP contribution is 2.39. The first-order valence-electron chi connectivity index (χ1n) is 9.69. The van der Waals surface area contributed by atoms with Crippen LogP contribution in [0, 0.1) is 11.3 Å². The Morgan fingerprint density at radius 2 is 2.07 bits per heavy atom. The third kappa shape index (κ3) is 4.00. The van der Waals surface area contributed by atoms with Crippen molar-refractivity contribution in [3.05, 3.63) is 35.7 Å². The average Bonchev–Trinajstić information content (AvgIpc) is 3.17. The van der Waals surface area contributed by atoms with E-state index in [1.165, 1.54) is 12.1 Å². The second-order valence-corrected chi connectivity index (χ2v) is 7.57. The van der Waals surface area contributed by atoms with Crippen LogP contribution in [-0.2, 0) is 17.5 Å². The molecule has 0 bridgehead atoms. The number of nitriles is 1. The number of hydrogen-bond acceptors (Lipinski definition) is 6. The number of hydrogen-bond donors (Lipinski definition) is 0. The second-order valence-electron chi connectivity index (χ2n) is 7.57. The topological polar surface area (TPSA) is 75.2 Å². The standard InChI is InChI=1S/C20H21F3N4O2/c21-20(22,23)15-6-3-5-14(11-15)18-25-17(29-26-18)13-27-9-4-8-19(16(27)12-24)7-1-2-10-28-19/h3,5-6,11,16H,1-2,4,7-10,13H2/t16-,19+/m0/s1. The van der Waals surface area contributed by atoms with Gasteiger partial charge in [0.1, 0.15) is 6.04 Å². The smallest absolute Gasteiger partial charge is 0.372 e. The van der Waals surface area contributed by atoms with Crippen LogP contribution < -0.4 is 0 Å². The SMILES string of the molecule is N#C[C@@H]1N(Cc2nc(-c3cccc(C(F)(F)F)c3)no2)CCC[C@]12CCCCO2. The average molecular weight is 406 g/mol. The van der Waals surface area contributed by atoms with E-state index < -0.39 is 23.4 Å². The van der Waals surface area contributed by atoms with Crippen LogP contribution in [0.4, 0.5) is 13.2 Å².